The zero-order valence-electron chi connectivity index (χ0n) is 14.3. The second-order valence-corrected chi connectivity index (χ2v) is 6.23. The Morgan fingerprint density at radius 1 is 1.19 bits per heavy atom. The number of carbonyl (C=O) groups excluding carboxylic acids is 1. The molecule has 1 aromatic heterocycles. The van der Waals surface area contributed by atoms with Crippen molar-refractivity contribution >= 4 is 28.2 Å². The van der Waals surface area contributed by atoms with Crippen LogP contribution in [0.4, 0.5) is 11.4 Å². The van der Waals surface area contributed by atoms with Crippen molar-refractivity contribution in [1.29, 1.82) is 0 Å². The molecule has 4 rings (SSSR count). The summed E-state index contributed by atoms with van der Waals surface area (Å²) in [5.41, 5.74) is 3.59. The van der Waals surface area contributed by atoms with Gasteiger partial charge in [0.2, 0.25) is 5.91 Å². The summed E-state index contributed by atoms with van der Waals surface area (Å²) in [6, 6.07) is 14.3. The highest BCUT2D eigenvalue weighted by molar-refractivity contribution is 6.07. The number of nitrogens with zero attached hydrogens (tertiary/aromatic N) is 3. The molecule has 0 saturated heterocycles. The normalized spacial score (nSPS) is 13.0. The summed E-state index contributed by atoms with van der Waals surface area (Å²) in [6.07, 6.45) is 1.05. The van der Waals surface area contributed by atoms with Gasteiger partial charge in [-0.15, -0.1) is 0 Å². The number of nitro groups is 1. The average molecular weight is 347 g/mol. The number of aromatic nitrogens is 1. The van der Waals surface area contributed by atoms with Crippen LogP contribution in [0.1, 0.15) is 18.9 Å². The third-order valence-corrected chi connectivity index (χ3v) is 4.78. The molecule has 0 radical (unpaired) electrons. The first-order valence-corrected chi connectivity index (χ1v) is 8.57. The van der Waals surface area contributed by atoms with E-state index in [4.69, 9.17) is 4.98 Å². The standard InChI is InChI=1S/C20H17N3O3/c1-2-18(24)22-12-11-15-19(14-8-4-6-10-17(14)23(25)26)21-16-9-5-3-7-13(16)20(15)22/h3-10H,2,11-12H2,1H3. The summed E-state index contributed by atoms with van der Waals surface area (Å²) in [6.45, 7) is 2.41. The van der Waals surface area contributed by atoms with Gasteiger partial charge in [0, 0.05) is 30.0 Å². The van der Waals surface area contributed by atoms with Gasteiger partial charge in [-0.05, 0) is 18.6 Å². The first kappa shape index (κ1) is 16.2. The second kappa shape index (κ2) is 6.22. The minimum Gasteiger partial charge on any atom is -0.311 e. The topological polar surface area (TPSA) is 76.3 Å². The SMILES string of the molecule is CCC(=O)N1CCc2c(-c3ccccc3[N+](=O)[O-])nc3ccccc3c21. The van der Waals surface area contributed by atoms with Crippen molar-refractivity contribution in [2.24, 2.45) is 0 Å². The van der Waals surface area contributed by atoms with Crippen LogP contribution in [0.3, 0.4) is 0 Å². The van der Waals surface area contributed by atoms with E-state index in [1.165, 1.54) is 6.07 Å². The first-order chi connectivity index (χ1) is 12.6. The molecular formula is C20H17N3O3. The van der Waals surface area contributed by atoms with Gasteiger partial charge in [-0.3, -0.25) is 14.9 Å². The fraction of sp³-hybridized carbons (Fsp3) is 0.200. The van der Waals surface area contributed by atoms with Crippen LogP contribution in [0.2, 0.25) is 0 Å². The lowest BCUT2D eigenvalue weighted by atomic mass is 9.99. The highest BCUT2D eigenvalue weighted by atomic mass is 16.6. The number of rotatable bonds is 3. The summed E-state index contributed by atoms with van der Waals surface area (Å²) in [4.78, 5) is 30.1. The third-order valence-electron chi connectivity index (χ3n) is 4.78. The van der Waals surface area contributed by atoms with Crippen molar-refractivity contribution in [3.05, 3.63) is 64.2 Å². The Kier molecular flexibility index (Phi) is 3.88. The van der Waals surface area contributed by atoms with E-state index in [9.17, 15) is 14.9 Å². The molecule has 26 heavy (non-hydrogen) atoms. The third kappa shape index (κ3) is 2.42. The Hall–Kier alpha value is -3.28. The van der Waals surface area contributed by atoms with E-state index < -0.39 is 0 Å². The van der Waals surface area contributed by atoms with Crippen LogP contribution in [0.15, 0.2) is 48.5 Å². The maximum atomic E-state index is 12.4. The minimum atomic E-state index is -0.386. The highest BCUT2D eigenvalue weighted by Gasteiger charge is 2.31. The van der Waals surface area contributed by atoms with Crippen LogP contribution in [0.5, 0.6) is 0 Å². The van der Waals surface area contributed by atoms with Crippen molar-refractivity contribution < 1.29 is 9.72 Å². The summed E-state index contributed by atoms with van der Waals surface area (Å²) < 4.78 is 0. The van der Waals surface area contributed by atoms with Gasteiger partial charge in [0.1, 0.15) is 0 Å². The number of carbonyl (C=O) groups is 1. The van der Waals surface area contributed by atoms with E-state index in [2.05, 4.69) is 0 Å². The molecule has 6 nitrogen and oxygen atoms in total. The van der Waals surface area contributed by atoms with E-state index in [-0.39, 0.29) is 16.5 Å². The van der Waals surface area contributed by atoms with E-state index in [1.54, 1.807) is 23.1 Å². The fourth-order valence-electron chi connectivity index (χ4n) is 3.61. The van der Waals surface area contributed by atoms with Crippen LogP contribution in [-0.4, -0.2) is 22.4 Å². The number of fused-ring (bicyclic) bond motifs is 3. The molecule has 0 unspecified atom stereocenters. The predicted molar refractivity (Wildman–Crippen MR) is 100 cm³/mol. The number of hydrogen-bond acceptors (Lipinski definition) is 4. The smallest absolute Gasteiger partial charge is 0.278 e. The zero-order valence-corrected chi connectivity index (χ0v) is 14.3. The Bertz CT molecular complexity index is 1050. The van der Waals surface area contributed by atoms with Gasteiger partial charge < -0.3 is 4.90 Å². The first-order valence-electron chi connectivity index (χ1n) is 8.57. The van der Waals surface area contributed by atoms with E-state index in [0.29, 0.717) is 30.6 Å². The van der Waals surface area contributed by atoms with Gasteiger partial charge in [0.25, 0.3) is 5.69 Å². The maximum Gasteiger partial charge on any atom is 0.278 e. The van der Waals surface area contributed by atoms with Crippen LogP contribution in [0.25, 0.3) is 22.2 Å². The molecule has 1 amide bonds. The Morgan fingerprint density at radius 3 is 2.69 bits per heavy atom. The number of para-hydroxylation sites is 2. The maximum absolute atomic E-state index is 12.4. The van der Waals surface area contributed by atoms with Gasteiger partial charge >= 0.3 is 0 Å². The van der Waals surface area contributed by atoms with Crippen molar-refractivity contribution in [1.82, 2.24) is 4.98 Å². The van der Waals surface area contributed by atoms with Crippen LogP contribution in [0, 0.1) is 10.1 Å². The molecule has 130 valence electrons. The average Bonchev–Trinajstić information content (AvgIpc) is 3.12. The van der Waals surface area contributed by atoms with Gasteiger partial charge in [-0.1, -0.05) is 37.3 Å². The molecule has 3 aromatic rings. The summed E-state index contributed by atoms with van der Waals surface area (Å²) in [5, 5.41) is 12.4. The van der Waals surface area contributed by atoms with Crippen molar-refractivity contribution in [2.75, 3.05) is 11.4 Å². The molecule has 1 aliphatic heterocycles. The highest BCUT2D eigenvalue weighted by Crippen LogP contribution is 2.42. The molecule has 0 N–H and O–H groups in total. The molecule has 0 atom stereocenters. The number of anilines is 1. The molecule has 0 spiro atoms. The van der Waals surface area contributed by atoms with Gasteiger partial charge in [-0.2, -0.15) is 0 Å². The molecule has 0 saturated carbocycles. The van der Waals surface area contributed by atoms with E-state index in [1.807, 2.05) is 31.2 Å². The van der Waals surface area contributed by atoms with Crippen LogP contribution < -0.4 is 4.90 Å². The number of nitro benzene ring substituents is 1. The monoisotopic (exact) mass is 347 g/mol. The van der Waals surface area contributed by atoms with Gasteiger partial charge in [-0.25, -0.2) is 4.98 Å². The molecular weight excluding hydrogens is 330 g/mol. The van der Waals surface area contributed by atoms with Crippen LogP contribution >= 0.6 is 0 Å². The predicted octanol–water partition coefficient (Wildman–Crippen LogP) is 4.11. The van der Waals surface area contributed by atoms with E-state index >= 15 is 0 Å². The minimum absolute atomic E-state index is 0.0257. The van der Waals surface area contributed by atoms with Gasteiger partial charge in [0.05, 0.1) is 27.4 Å². The zero-order chi connectivity index (χ0) is 18.3. The Balaban J connectivity index is 2.05. The van der Waals surface area contributed by atoms with Crippen molar-refractivity contribution in [3.63, 3.8) is 0 Å². The number of benzene rings is 2. The number of pyridine rings is 1. The largest absolute Gasteiger partial charge is 0.311 e. The summed E-state index contributed by atoms with van der Waals surface area (Å²) >= 11 is 0. The van der Waals surface area contributed by atoms with Crippen molar-refractivity contribution in [2.45, 2.75) is 19.8 Å². The molecule has 0 bridgehead atoms. The molecule has 2 heterocycles. The lowest BCUT2D eigenvalue weighted by Crippen LogP contribution is -2.28. The Labute approximate surface area is 150 Å². The molecule has 2 aromatic carbocycles. The second-order valence-electron chi connectivity index (χ2n) is 6.23. The quantitative estimate of drug-likeness (QED) is 0.528. The number of hydrogen-bond donors (Lipinski definition) is 0. The van der Waals surface area contributed by atoms with Crippen molar-refractivity contribution in [3.8, 4) is 11.3 Å². The lowest BCUT2D eigenvalue weighted by molar-refractivity contribution is -0.384. The fourth-order valence-corrected chi connectivity index (χ4v) is 3.61. The molecule has 0 fully saturated rings. The molecule has 6 heteroatoms. The summed E-state index contributed by atoms with van der Waals surface area (Å²) in [5.74, 6) is 0.0496. The lowest BCUT2D eigenvalue weighted by Gasteiger charge is -2.19. The molecule has 0 aliphatic carbocycles. The number of amides is 1. The van der Waals surface area contributed by atoms with Crippen LogP contribution in [-0.2, 0) is 11.2 Å². The van der Waals surface area contributed by atoms with Gasteiger partial charge in [0.15, 0.2) is 0 Å². The summed E-state index contributed by atoms with van der Waals surface area (Å²) in [7, 11) is 0. The van der Waals surface area contributed by atoms with E-state index in [0.717, 1.165) is 22.2 Å². The Morgan fingerprint density at radius 2 is 1.92 bits per heavy atom. The molecule has 1 aliphatic rings.